The van der Waals surface area contributed by atoms with Crippen LogP contribution in [0.3, 0.4) is 0 Å². The highest BCUT2D eigenvalue weighted by molar-refractivity contribution is 5.87. The zero-order chi connectivity index (χ0) is 25.0. The maximum Gasteiger partial charge on any atom is 0.212 e. The zero-order valence-electron chi connectivity index (χ0n) is 21.5. The largest absolute Gasteiger partial charge is 0.372 e. The van der Waals surface area contributed by atoms with Gasteiger partial charge < -0.3 is 4.90 Å². The second kappa shape index (κ2) is 10.4. The average molecular weight is 482 g/mol. The summed E-state index contributed by atoms with van der Waals surface area (Å²) in [6, 6.07) is 37.3. The van der Waals surface area contributed by atoms with Crippen molar-refractivity contribution in [2.24, 2.45) is 7.05 Å². The van der Waals surface area contributed by atoms with Gasteiger partial charge in [0.25, 0.3) is 0 Å². The molecule has 2 heteroatoms. The van der Waals surface area contributed by atoms with Crippen LogP contribution in [0.5, 0.6) is 0 Å². The molecule has 1 fully saturated rings. The number of benzene rings is 4. The van der Waals surface area contributed by atoms with Crippen LogP contribution in [-0.2, 0) is 7.05 Å². The highest BCUT2D eigenvalue weighted by Gasteiger charge is 2.16. The lowest BCUT2D eigenvalue weighted by atomic mass is 9.97. The molecule has 182 valence electrons. The summed E-state index contributed by atoms with van der Waals surface area (Å²) in [6.07, 6.45) is 10.7. The van der Waals surface area contributed by atoms with Crippen molar-refractivity contribution in [2.45, 2.75) is 19.3 Å². The predicted octanol–water partition coefficient (Wildman–Crippen LogP) is 8.16. The molecule has 4 aromatic carbocycles. The van der Waals surface area contributed by atoms with Gasteiger partial charge in [0.1, 0.15) is 7.05 Å². The minimum absolute atomic E-state index is 1.17. The van der Waals surface area contributed by atoms with E-state index in [1.807, 2.05) is 0 Å². The van der Waals surface area contributed by atoms with Crippen LogP contribution in [0, 0.1) is 0 Å². The van der Waals surface area contributed by atoms with Crippen molar-refractivity contribution in [3.63, 3.8) is 0 Å². The third-order valence-corrected chi connectivity index (χ3v) is 7.51. The number of pyridine rings is 1. The Morgan fingerprint density at radius 2 is 1.38 bits per heavy atom. The second-order valence-electron chi connectivity index (χ2n) is 10.0. The summed E-state index contributed by atoms with van der Waals surface area (Å²) < 4.78 is 2.25. The maximum absolute atomic E-state index is 2.51. The van der Waals surface area contributed by atoms with E-state index in [2.05, 4.69) is 138 Å². The Hall–Kier alpha value is -4.17. The summed E-state index contributed by atoms with van der Waals surface area (Å²) in [4.78, 5) is 2.51. The number of nitrogens with zero attached hydrogens (tertiary/aromatic N) is 2. The fourth-order valence-corrected chi connectivity index (χ4v) is 5.43. The highest BCUT2D eigenvalue weighted by Crippen LogP contribution is 2.29. The monoisotopic (exact) mass is 481 g/mol. The normalized spacial score (nSPS) is 13.9. The van der Waals surface area contributed by atoms with Gasteiger partial charge in [0.2, 0.25) is 5.69 Å². The summed E-state index contributed by atoms with van der Waals surface area (Å²) in [7, 11) is 2.14. The molecule has 0 saturated carbocycles. The van der Waals surface area contributed by atoms with E-state index in [1.165, 1.54) is 82.3 Å². The third-order valence-electron chi connectivity index (χ3n) is 7.51. The third kappa shape index (κ3) is 5.06. The van der Waals surface area contributed by atoms with Crippen molar-refractivity contribution >= 4 is 28.6 Å². The second-order valence-corrected chi connectivity index (χ2v) is 10.0. The Bertz CT molecular complexity index is 1540. The molecule has 1 aliphatic heterocycles. The molecule has 0 amide bonds. The molecular weight excluding hydrogens is 448 g/mol. The van der Waals surface area contributed by atoms with Crippen LogP contribution in [-0.4, -0.2) is 13.1 Å². The van der Waals surface area contributed by atoms with Gasteiger partial charge in [0.05, 0.1) is 5.56 Å². The fourth-order valence-electron chi connectivity index (χ4n) is 5.43. The number of hydrogen-bond donors (Lipinski definition) is 0. The fraction of sp³-hybridized carbons (Fsp3) is 0.171. The molecule has 0 radical (unpaired) electrons. The molecular formula is C35H33N2+. The Morgan fingerprint density at radius 1 is 0.649 bits per heavy atom. The van der Waals surface area contributed by atoms with Gasteiger partial charge in [0, 0.05) is 30.4 Å². The average Bonchev–Trinajstić information content (AvgIpc) is 2.97. The molecule has 5 aromatic rings. The Kier molecular flexibility index (Phi) is 6.56. The zero-order valence-corrected chi connectivity index (χ0v) is 21.5. The summed E-state index contributed by atoms with van der Waals surface area (Å²) in [5.41, 5.74) is 8.66. The van der Waals surface area contributed by atoms with E-state index in [0.29, 0.717) is 0 Å². The minimum atomic E-state index is 1.17. The first-order valence-corrected chi connectivity index (χ1v) is 13.4. The number of fused-ring (bicyclic) bond motifs is 1. The first kappa shape index (κ1) is 23.2. The van der Waals surface area contributed by atoms with E-state index < -0.39 is 0 Å². The van der Waals surface area contributed by atoms with Crippen molar-refractivity contribution in [3.8, 4) is 22.4 Å². The van der Waals surface area contributed by atoms with Crippen LogP contribution in [0.1, 0.15) is 30.4 Å². The number of aryl methyl sites for hydroxylation is 1. The van der Waals surface area contributed by atoms with Crippen LogP contribution >= 0.6 is 0 Å². The molecule has 0 spiro atoms. The van der Waals surface area contributed by atoms with Crippen LogP contribution in [0.15, 0.2) is 109 Å². The van der Waals surface area contributed by atoms with E-state index in [0.717, 1.165) is 0 Å². The molecule has 0 aliphatic carbocycles. The van der Waals surface area contributed by atoms with Gasteiger partial charge in [-0.3, -0.25) is 0 Å². The Balaban J connectivity index is 1.38. The van der Waals surface area contributed by atoms with Crippen molar-refractivity contribution in [1.82, 2.24) is 0 Å². The molecule has 2 heterocycles. The van der Waals surface area contributed by atoms with Gasteiger partial charge in [-0.15, -0.1) is 0 Å². The maximum atomic E-state index is 2.51. The quantitative estimate of drug-likeness (QED) is 0.230. The number of aromatic nitrogens is 1. The van der Waals surface area contributed by atoms with Crippen LogP contribution in [0.25, 0.3) is 45.3 Å². The molecule has 1 aliphatic rings. The lowest BCUT2D eigenvalue weighted by Gasteiger charge is -2.28. The van der Waals surface area contributed by atoms with Crippen molar-refractivity contribution in [3.05, 3.63) is 120 Å². The molecule has 0 bridgehead atoms. The Morgan fingerprint density at radius 3 is 2.16 bits per heavy atom. The summed E-state index contributed by atoms with van der Waals surface area (Å²) in [6.45, 7) is 2.35. The van der Waals surface area contributed by atoms with E-state index in [4.69, 9.17) is 0 Å². The van der Waals surface area contributed by atoms with Gasteiger partial charge in [-0.25, -0.2) is 4.57 Å². The van der Waals surface area contributed by atoms with Crippen molar-refractivity contribution in [1.29, 1.82) is 0 Å². The molecule has 2 nitrogen and oxygen atoms in total. The van der Waals surface area contributed by atoms with Gasteiger partial charge in [0.15, 0.2) is 6.20 Å². The standard InChI is InChI=1S/C35H33N2/c1-36-26-34(29-11-4-2-5-12-29)31(25-35(36)32-19-18-28-10-6-7-13-30(28)24-32)17-14-27-15-20-33(21-16-27)37-22-8-3-9-23-37/h2,4-7,10-21,24-26H,3,8-9,22-23H2,1H3/q+1. The molecule has 0 atom stereocenters. The summed E-state index contributed by atoms with van der Waals surface area (Å²) in [5.74, 6) is 0. The molecule has 0 unspecified atom stereocenters. The van der Waals surface area contributed by atoms with Gasteiger partial charge >= 0.3 is 0 Å². The first-order valence-electron chi connectivity index (χ1n) is 13.4. The van der Waals surface area contributed by atoms with E-state index in [-0.39, 0.29) is 0 Å². The predicted molar refractivity (Wildman–Crippen MR) is 157 cm³/mol. The lowest BCUT2D eigenvalue weighted by Crippen LogP contribution is -2.31. The van der Waals surface area contributed by atoms with Gasteiger partial charge in [-0.1, -0.05) is 84.9 Å². The summed E-state index contributed by atoms with van der Waals surface area (Å²) in [5, 5.41) is 2.53. The lowest BCUT2D eigenvalue weighted by molar-refractivity contribution is -0.659. The van der Waals surface area contributed by atoms with Gasteiger partial charge in [-0.05, 0) is 71.0 Å². The molecule has 0 N–H and O–H groups in total. The van der Waals surface area contributed by atoms with Gasteiger partial charge in [-0.2, -0.15) is 0 Å². The smallest absolute Gasteiger partial charge is 0.212 e. The number of rotatable bonds is 5. The van der Waals surface area contributed by atoms with Crippen molar-refractivity contribution in [2.75, 3.05) is 18.0 Å². The first-order chi connectivity index (χ1) is 18.2. The molecule has 37 heavy (non-hydrogen) atoms. The summed E-state index contributed by atoms with van der Waals surface area (Å²) >= 11 is 0. The number of hydrogen-bond acceptors (Lipinski definition) is 1. The van der Waals surface area contributed by atoms with Crippen molar-refractivity contribution < 1.29 is 4.57 Å². The Labute approximate surface area is 220 Å². The van der Waals surface area contributed by atoms with Crippen LogP contribution < -0.4 is 9.47 Å². The highest BCUT2D eigenvalue weighted by atomic mass is 15.1. The molecule has 6 rings (SSSR count). The number of piperidine rings is 1. The molecule has 1 saturated heterocycles. The molecule has 1 aromatic heterocycles. The van der Waals surface area contributed by atoms with E-state index >= 15 is 0 Å². The van der Waals surface area contributed by atoms with Crippen LogP contribution in [0.2, 0.25) is 0 Å². The SMILES string of the molecule is C[n+]1cc(-c2ccccc2)c(/C=C/c2ccc(N3CCCCC3)cc2)cc1-c1ccc2ccccc2c1. The van der Waals surface area contributed by atoms with E-state index in [9.17, 15) is 0 Å². The number of anilines is 1. The van der Waals surface area contributed by atoms with E-state index in [1.54, 1.807) is 0 Å². The topological polar surface area (TPSA) is 7.12 Å². The minimum Gasteiger partial charge on any atom is -0.372 e. The van der Waals surface area contributed by atoms with Crippen LogP contribution in [0.4, 0.5) is 5.69 Å².